The molecule has 5 heteroatoms. The van der Waals surface area contributed by atoms with E-state index in [2.05, 4.69) is 5.32 Å². The van der Waals surface area contributed by atoms with Crippen molar-refractivity contribution in [2.24, 2.45) is 5.92 Å². The van der Waals surface area contributed by atoms with Crippen molar-refractivity contribution in [3.05, 3.63) is 34.9 Å². The van der Waals surface area contributed by atoms with Gasteiger partial charge in [0, 0.05) is 31.6 Å². The van der Waals surface area contributed by atoms with Crippen molar-refractivity contribution >= 4 is 23.4 Å². The fourth-order valence-electron chi connectivity index (χ4n) is 2.24. The van der Waals surface area contributed by atoms with Crippen LogP contribution in [0.4, 0.5) is 0 Å². The number of hydrogen-bond donors (Lipinski definition) is 1. The van der Waals surface area contributed by atoms with E-state index in [-0.39, 0.29) is 17.7 Å². The van der Waals surface area contributed by atoms with Crippen molar-refractivity contribution in [1.29, 1.82) is 0 Å². The lowest BCUT2D eigenvalue weighted by atomic mass is 9.97. The fraction of sp³-hybridized carbons (Fsp3) is 0.429. The van der Waals surface area contributed by atoms with Crippen LogP contribution in [0.5, 0.6) is 0 Å². The molecule has 0 saturated carbocycles. The van der Waals surface area contributed by atoms with Crippen LogP contribution in [-0.4, -0.2) is 30.3 Å². The number of nitrogens with one attached hydrogen (secondary N) is 1. The summed E-state index contributed by atoms with van der Waals surface area (Å²) in [5, 5.41) is 3.40. The molecule has 1 atom stereocenters. The fourth-order valence-corrected chi connectivity index (χ4v) is 2.46. The highest BCUT2D eigenvalue weighted by Crippen LogP contribution is 2.16. The minimum Gasteiger partial charge on any atom is -0.355 e. The summed E-state index contributed by atoms with van der Waals surface area (Å²) in [7, 11) is 1.78. The molecule has 4 nitrogen and oxygen atoms in total. The Morgan fingerprint density at radius 2 is 2.32 bits per heavy atom. The van der Waals surface area contributed by atoms with Gasteiger partial charge in [-0.3, -0.25) is 9.59 Å². The van der Waals surface area contributed by atoms with Crippen molar-refractivity contribution in [2.45, 2.75) is 19.4 Å². The summed E-state index contributed by atoms with van der Waals surface area (Å²) < 4.78 is 0. The smallest absolute Gasteiger partial charge is 0.227 e. The molecule has 0 spiro atoms. The largest absolute Gasteiger partial charge is 0.355 e. The molecule has 1 aliphatic rings. The zero-order valence-electron chi connectivity index (χ0n) is 10.9. The Bertz CT molecular complexity index is 480. The van der Waals surface area contributed by atoms with Crippen LogP contribution in [0.15, 0.2) is 24.3 Å². The SMILES string of the molecule is CN(Cc1cccc(Cl)c1)C(=O)C1CCC(=O)NC1. The molecule has 1 fully saturated rings. The summed E-state index contributed by atoms with van der Waals surface area (Å²) in [5.41, 5.74) is 1.00. The molecule has 2 rings (SSSR count). The van der Waals surface area contributed by atoms with E-state index >= 15 is 0 Å². The molecule has 0 radical (unpaired) electrons. The highest BCUT2D eigenvalue weighted by Gasteiger charge is 2.26. The van der Waals surface area contributed by atoms with Gasteiger partial charge in [-0.05, 0) is 24.1 Å². The number of carbonyl (C=O) groups excluding carboxylic acids is 2. The molecule has 2 amide bonds. The molecule has 1 aromatic carbocycles. The normalized spacial score (nSPS) is 18.8. The quantitative estimate of drug-likeness (QED) is 0.918. The van der Waals surface area contributed by atoms with E-state index in [9.17, 15) is 9.59 Å². The summed E-state index contributed by atoms with van der Waals surface area (Å²) in [5.74, 6) is -0.0107. The van der Waals surface area contributed by atoms with Gasteiger partial charge in [-0.15, -0.1) is 0 Å². The van der Waals surface area contributed by atoms with Gasteiger partial charge in [-0.2, -0.15) is 0 Å². The van der Waals surface area contributed by atoms with Crippen LogP contribution in [0.2, 0.25) is 5.02 Å². The Balaban J connectivity index is 1.94. The van der Waals surface area contributed by atoms with Gasteiger partial charge in [-0.1, -0.05) is 23.7 Å². The maximum absolute atomic E-state index is 12.2. The summed E-state index contributed by atoms with van der Waals surface area (Å²) >= 11 is 5.92. The molecule has 1 aliphatic heterocycles. The van der Waals surface area contributed by atoms with Crippen LogP contribution in [0.1, 0.15) is 18.4 Å². The van der Waals surface area contributed by atoms with Crippen molar-refractivity contribution in [3.8, 4) is 0 Å². The summed E-state index contributed by atoms with van der Waals surface area (Å²) in [4.78, 5) is 25.0. The van der Waals surface area contributed by atoms with Crippen molar-refractivity contribution in [1.82, 2.24) is 10.2 Å². The van der Waals surface area contributed by atoms with E-state index in [0.717, 1.165) is 5.56 Å². The number of rotatable bonds is 3. The average Bonchev–Trinajstić information content (AvgIpc) is 2.39. The Labute approximate surface area is 117 Å². The third kappa shape index (κ3) is 3.70. The first-order valence-corrected chi connectivity index (χ1v) is 6.70. The Kier molecular flexibility index (Phi) is 4.43. The summed E-state index contributed by atoms with van der Waals surface area (Å²) in [6.45, 7) is 0.974. The maximum atomic E-state index is 12.2. The molecule has 1 unspecified atom stereocenters. The third-order valence-corrected chi connectivity index (χ3v) is 3.53. The molecule has 102 valence electrons. The van der Waals surface area contributed by atoms with E-state index in [1.54, 1.807) is 11.9 Å². The van der Waals surface area contributed by atoms with Crippen LogP contribution < -0.4 is 5.32 Å². The molecule has 0 aromatic heterocycles. The molecule has 1 aromatic rings. The first kappa shape index (κ1) is 13.9. The molecular weight excluding hydrogens is 264 g/mol. The zero-order chi connectivity index (χ0) is 13.8. The van der Waals surface area contributed by atoms with Gasteiger partial charge in [0.25, 0.3) is 0 Å². The maximum Gasteiger partial charge on any atom is 0.227 e. The number of piperidine rings is 1. The monoisotopic (exact) mass is 280 g/mol. The second kappa shape index (κ2) is 6.06. The number of carbonyl (C=O) groups is 2. The summed E-state index contributed by atoms with van der Waals surface area (Å²) in [6, 6.07) is 7.48. The number of amides is 2. The molecule has 0 aliphatic carbocycles. The van der Waals surface area contributed by atoms with Crippen LogP contribution in [0, 0.1) is 5.92 Å². The second-order valence-electron chi connectivity index (χ2n) is 4.86. The number of hydrogen-bond acceptors (Lipinski definition) is 2. The first-order chi connectivity index (χ1) is 9.06. The van der Waals surface area contributed by atoms with E-state index in [4.69, 9.17) is 11.6 Å². The predicted molar refractivity (Wildman–Crippen MR) is 73.7 cm³/mol. The molecular formula is C14H17ClN2O2. The Morgan fingerprint density at radius 3 is 2.95 bits per heavy atom. The van der Waals surface area contributed by atoms with Gasteiger partial charge in [0.15, 0.2) is 0 Å². The lowest BCUT2D eigenvalue weighted by Crippen LogP contribution is -2.43. The summed E-state index contributed by atoms with van der Waals surface area (Å²) in [6.07, 6.45) is 1.06. The van der Waals surface area contributed by atoms with E-state index in [1.807, 2.05) is 24.3 Å². The third-order valence-electron chi connectivity index (χ3n) is 3.30. The zero-order valence-corrected chi connectivity index (χ0v) is 11.6. The highest BCUT2D eigenvalue weighted by atomic mass is 35.5. The van der Waals surface area contributed by atoms with Crippen molar-refractivity contribution in [3.63, 3.8) is 0 Å². The number of nitrogens with zero attached hydrogens (tertiary/aromatic N) is 1. The average molecular weight is 281 g/mol. The number of halogens is 1. The van der Waals surface area contributed by atoms with Crippen LogP contribution in [0.25, 0.3) is 0 Å². The van der Waals surface area contributed by atoms with E-state index < -0.39 is 0 Å². The van der Waals surface area contributed by atoms with Gasteiger partial charge in [-0.25, -0.2) is 0 Å². The van der Waals surface area contributed by atoms with Gasteiger partial charge in [0.05, 0.1) is 5.92 Å². The highest BCUT2D eigenvalue weighted by molar-refractivity contribution is 6.30. The van der Waals surface area contributed by atoms with Crippen molar-refractivity contribution in [2.75, 3.05) is 13.6 Å². The topological polar surface area (TPSA) is 49.4 Å². The molecule has 19 heavy (non-hydrogen) atoms. The van der Waals surface area contributed by atoms with Gasteiger partial charge in [0.1, 0.15) is 0 Å². The molecule has 1 heterocycles. The van der Waals surface area contributed by atoms with E-state index in [0.29, 0.717) is 31.0 Å². The van der Waals surface area contributed by atoms with Crippen LogP contribution >= 0.6 is 11.6 Å². The van der Waals surface area contributed by atoms with Gasteiger partial charge in [0.2, 0.25) is 11.8 Å². The minimum atomic E-state index is -0.109. The Morgan fingerprint density at radius 1 is 1.53 bits per heavy atom. The minimum absolute atomic E-state index is 0.0292. The van der Waals surface area contributed by atoms with Crippen molar-refractivity contribution < 1.29 is 9.59 Å². The Hall–Kier alpha value is -1.55. The first-order valence-electron chi connectivity index (χ1n) is 6.32. The van der Waals surface area contributed by atoms with Crippen LogP contribution in [0.3, 0.4) is 0 Å². The second-order valence-corrected chi connectivity index (χ2v) is 5.30. The lowest BCUT2D eigenvalue weighted by Gasteiger charge is -2.26. The number of benzene rings is 1. The standard InChI is InChI=1S/C14H17ClN2O2/c1-17(9-10-3-2-4-12(15)7-10)14(19)11-5-6-13(18)16-8-11/h2-4,7,11H,5-6,8-9H2,1H3,(H,16,18). The van der Waals surface area contributed by atoms with Crippen LogP contribution in [-0.2, 0) is 16.1 Å². The molecule has 1 N–H and O–H groups in total. The molecule has 0 bridgehead atoms. The lowest BCUT2D eigenvalue weighted by molar-refractivity contribution is -0.136. The van der Waals surface area contributed by atoms with Gasteiger partial charge < -0.3 is 10.2 Å². The van der Waals surface area contributed by atoms with Gasteiger partial charge >= 0.3 is 0 Å². The molecule has 1 saturated heterocycles. The predicted octanol–water partition coefficient (Wildman–Crippen LogP) is 1.82. The van der Waals surface area contributed by atoms with E-state index in [1.165, 1.54) is 0 Å².